The van der Waals surface area contributed by atoms with Crippen LogP contribution < -0.4 is 0 Å². The Morgan fingerprint density at radius 2 is 1.41 bits per heavy atom. The Kier molecular flexibility index (Phi) is 4.60. The summed E-state index contributed by atoms with van der Waals surface area (Å²) in [5.74, 6) is 0. The summed E-state index contributed by atoms with van der Waals surface area (Å²) < 4.78 is 0.262. The first-order chi connectivity index (χ1) is 13.9. The highest BCUT2D eigenvalue weighted by molar-refractivity contribution is 14.1. The summed E-state index contributed by atoms with van der Waals surface area (Å²) in [7, 11) is -1.64. The van der Waals surface area contributed by atoms with Crippen molar-refractivity contribution in [3.63, 3.8) is 0 Å². The van der Waals surface area contributed by atoms with Gasteiger partial charge in [-0.25, -0.2) is 0 Å². The number of hydrogen-bond acceptors (Lipinski definition) is 0. The molecule has 0 spiro atoms. The average molecular weight is 509 g/mol. The Morgan fingerprint density at radius 3 is 2.00 bits per heavy atom. The molecule has 1 atom stereocenters. The van der Waals surface area contributed by atoms with Crippen molar-refractivity contribution in [2.24, 2.45) is 0 Å². The third-order valence-corrected chi connectivity index (χ3v) is 19.4. The fraction of sp³-hybridized carbons (Fsp3) is 0.333. The zero-order chi connectivity index (χ0) is 20.4. The molecule has 0 radical (unpaired) electrons. The standard InChI is InChI=1S/C27H29ISi/c1-18-19(2)21(4)27(28,20(18)3)29(15-10-16-29)26-17-25(22-11-6-5-7-12-22)23-13-8-9-14-24(23)26/h5-9,11-14,17,26H,10,15-16H2,1-4H3. The zero-order valence-corrected chi connectivity index (χ0v) is 21.0. The Balaban J connectivity index is 1.72. The minimum Gasteiger partial charge on any atom is -0.0728 e. The molecule has 148 valence electrons. The van der Waals surface area contributed by atoms with Crippen LogP contribution in [0.4, 0.5) is 0 Å². The van der Waals surface area contributed by atoms with Gasteiger partial charge in [-0.15, -0.1) is 0 Å². The van der Waals surface area contributed by atoms with E-state index in [0.29, 0.717) is 5.54 Å². The first-order valence-electron chi connectivity index (χ1n) is 10.8. The van der Waals surface area contributed by atoms with Gasteiger partial charge in [0.05, 0.1) is 11.1 Å². The van der Waals surface area contributed by atoms with Gasteiger partial charge < -0.3 is 0 Å². The number of rotatable bonds is 3. The van der Waals surface area contributed by atoms with Crippen molar-refractivity contribution in [2.75, 3.05) is 0 Å². The molecule has 1 heterocycles. The van der Waals surface area contributed by atoms with E-state index in [1.165, 1.54) is 35.2 Å². The fourth-order valence-electron chi connectivity index (χ4n) is 6.22. The first-order valence-corrected chi connectivity index (χ1v) is 14.4. The highest BCUT2D eigenvalue weighted by Crippen LogP contribution is 2.64. The molecule has 1 fully saturated rings. The van der Waals surface area contributed by atoms with Crippen LogP contribution in [0.1, 0.15) is 56.3 Å². The SMILES string of the molecule is CC1=C(C)C(I)([Si]2(C3C=C(c4ccccc4)c4ccccc43)CCC2)C(C)=C1C. The second kappa shape index (κ2) is 6.81. The second-order valence-corrected chi connectivity index (χ2v) is 16.5. The monoisotopic (exact) mass is 508 g/mol. The molecule has 5 rings (SSSR count). The van der Waals surface area contributed by atoms with E-state index in [4.69, 9.17) is 0 Å². The summed E-state index contributed by atoms with van der Waals surface area (Å²) >= 11 is 2.90. The lowest BCUT2D eigenvalue weighted by molar-refractivity contribution is 0.794. The molecule has 0 saturated carbocycles. The van der Waals surface area contributed by atoms with Crippen molar-refractivity contribution in [1.82, 2.24) is 0 Å². The van der Waals surface area contributed by atoms with Crippen LogP contribution in [-0.4, -0.2) is 11.1 Å². The number of fused-ring (bicyclic) bond motifs is 1. The molecule has 2 aromatic carbocycles. The van der Waals surface area contributed by atoms with Crippen molar-refractivity contribution in [3.05, 3.63) is 99.7 Å². The summed E-state index contributed by atoms with van der Waals surface area (Å²) in [5, 5.41) is 0. The number of halogens is 1. The minimum atomic E-state index is -1.64. The third kappa shape index (κ3) is 2.48. The molecule has 1 saturated heterocycles. The Labute approximate surface area is 190 Å². The summed E-state index contributed by atoms with van der Waals surface area (Å²) in [6.45, 7) is 9.56. The van der Waals surface area contributed by atoms with Crippen LogP contribution >= 0.6 is 22.6 Å². The molecule has 0 bridgehead atoms. The van der Waals surface area contributed by atoms with Crippen molar-refractivity contribution in [3.8, 4) is 0 Å². The molecule has 2 heteroatoms. The highest BCUT2D eigenvalue weighted by atomic mass is 127. The van der Waals surface area contributed by atoms with E-state index in [-0.39, 0.29) is 3.04 Å². The Bertz CT molecular complexity index is 1060. The number of alkyl halides is 1. The summed E-state index contributed by atoms with van der Waals surface area (Å²) in [6.07, 6.45) is 4.08. The zero-order valence-electron chi connectivity index (χ0n) is 17.9. The molecule has 0 N–H and O–H groups in total. The smallest absolute Gasteiger partial charge is 0.0728 e. The molecule has 0 nitrogen and oxygen atoms in total. The molecule has 0 amide bonds. The largest absolute Gasteiger partial charge is 0.0934 e. The summed E-state index contributed by atoms with van der Waals surface area (Å²) in [4.78, 5) is 0. The average Bonchev–Trinajstić information content (AvgIpc) is 3.16. The normalized spacial score (nSPS) is 24.4. The molecule has 1 aliphatic heterocycles. The van der Waals surface area contributed by atoms with Crippen LogP contribution in [0.5, 0.6) is 0 Å². The van der Waals surface area contributed by atoms with Gasteiger partial charge in [0.1, 0.15) is 0 Å². The van der Waals surface area contributed by atoms with Gasteiger partial charge in [-0.05, 0) is 61.1 Å². The Morgan fingerprint density at radius 1 is 0.828 bits per heavy atom. The lowest BCUT2D eigenvalue weighted by Crippen LogP contribution is -2.63. The molecular formula is C27H29ISi. The van der Waals surface area contributed by atoms with Crippen LogP contribution in [0, 0.1) is 0 Å². The van der Waals surface area contributed by atoms with Gasteiger partial charge >= 0.3 is 0 Å². The van der Waals surface area contributed by atoms with Gasteiger partial charge in [0.25, 0.3) is 0 Å². The van der Waals surface area contributed by atoms with Gasteiger partial charge in [0.2, 0.25) is 0 Å². The maximum absolute atomic E-state index is 2.90. The molecule has 2 aliphatic carbocycles. The predicted octanol–water partition coefficient (Wildman–Crippen LogP) is 8.01. The second-order valence-electron chi connectivity index (χ2n) is 9.18. The van der Waals surface area contributed by atoms with Crippen molar-refractivity contribution >= 4 is 36.2 Å². The molecule has 3 aliphatic rings. The summed E-state index contributed by atoms with van der Waals surface area (Å²) in [5.41, 5.74) is 12.9. The van der Waals surface area contributed by atoms with Gasteiger partial charge in [0.15, 0.2) is 0 Å². The van der Waals surface area contributed by atoms with Crippen molar-refractivity contribution in [1.29, 1.82) is 0 Å². The van der Waals surface area contributed by atoms with E-state index in [1.54, 1.807) is 27.9 Å². The highest BCUT2D eigenvalue weighted by Gasteiger charge is 2.63. The van der Waals surface area contributed by atoms with Crippen LogP contribution in [0.3, 0.4) is 0 Å². The molecule has 2 aromatic rings. The quantitative estimate of drug-likeness (QED) is 0.224. The first kappa shape index (κ1) is 19.6. The number of benzene rings is 2. The van der Waals surface area contributed by atoms with E-state index in [0.717, 1.165) is 0 Å². The van der Waals surface area contributed by atoms with E-state index >= 15 is 0 Å². The number of hydrogen-bond donors (Lipinski definition) is 0. The fourth-order valence-corrected chi connectivity index (χ4v) is 15.7. The van der Waals surface area contributed by atoms with Crippen molar-refractivity contribution < 1.29 is 0 Å². The summed E-state index contributed by atoms with van der Waals surface area (Å²) in [6, 6.07) is 23.2. The van der Waals surface area contributed by atoms with Gasteiger partial charge in [-0.1, -0.05) is 113 Å². The maximum Gasteiger partial charge on any atom is 0.0934 e. The molecule has 1 unspecified atom stereocenters. The third-order valence-electron chi connectivity index (χ3n) is 8.25. The van der Waals surface area contributed by atoms with E-state index < -0.39 is 8.07 Å². The van der Waals surface area contributed by atoms with Crippen molar-refractivity contribution in [2.45, 2.75) is 54.8 Å². The van der Waals surface area contributed by atoms with Gasteiger partial charge in [-0.3, -0.25) is 0 Å². The van der Waals surface area contributed by atoms with Crippen LogP contribution in [0.25, 0.3) is 5.57 Å². The molecular weight excluding hydrogens is 479 g/mol. The predicted molar refractivity (Wildman–Crippen MR) is 136 cm³/mol. The maximum atomic E-state index is 2.90. The van der Waals surface area contributed by atoms with Gasteiger partial charge in [-0.2, -0.15) is 0 Å². The van der Waals surface area contributed by atoms with E-state index in [9.17, 15) is 0 Å². The molecule has 0 aromatic heterocycles. The Hall–Kier alpha value is -1.39. The lowest BCUT2D eigenvalue weighted by atomic mass is 9.99. The minimum absolute atomic E-state index is 0.262. The van der Waals surface area contributed by atoms with E-state index in [1.807, 2.05) is 0 Å². The van der Waals surface area contributed by atoms with Gasteiger partial charge in [0, 0.05) is 5.54 Å². The van der Waals surface area contributed by atoms with Crippen LogP contribution in [0.2, 0.25) is 12.1 Å². The topological polar surface area (TPSA) is 0 Å². The molecule has 29 heavy (non-hydrogen) atoms. The van der Waals surface area contributed by atoms with E-state index in [2.05, 4.69) is 111 Å². The number of allylic oxidation sites excluding steroid dienone is 5. The lowest BCUT2D eigenvalue weighted by Gasteiger charge is -2.55. The van der Waals surface area contributed by atoms with Crippen LogP contribution in [-0.2, 0) is 0 Å². The van der Waals surface area contributed by atoms with Crippen LogP contribution in [0.15, 0.2) is 83.0 Å².